The largest absolute Gasteiger partial charge is 0.493 e. The molecule has 6 nitrogen and oxygen atoms in total. The van der Waals surface area contributed by atoms with Crippen LogP contribution in [0.2, 0.25) is 0 Å². The van der Waals surface area contributed by atoms with Crippen LogP contribution in [0.3, 0.4) is 0 Å². The molecule has 1 heterocycles. The third-order valence-corrected chi connectivity index (χ3v) is 6.15. The van der Waals surface area contributed by atoms with Crippen molar-refractivity contribution in [2.24, 2.45) is 5.73 Å². The lowest BCUT2D eigenvalue weighted by Gasteiger charge is -2.41. The zero-order chi connectivity index (χ0) is 20.0. The molecule has 0 amide bonds. The summed E-state index contributed by atoms with van der Waals surface area (Å²) in [5.74, 6) is 2.94. The zero-order valence-corrected chi connectivity index (χ0v) is 17.2. The highest BCUT2D eigenvalue weighted by Gasteiger charge is 2.38. The number of methoxy groups -OCH3 is 4. The van der Waals surface area contributed by atoms with Gasteiger partial charge in [0.05, 0.1) is 28.4 Å². The van der Waals surface area contributed by atoms with Gasteiger partial charge in [-0.3, -0.25) is 4.90 Å². The minimum absolute atomic E-state index is 0.273. The number of ether oxygens (including phenoxy) is 4. The maximum absolute atomic E-state index is 6.16. The first-order valence-electron chi connectivity index (χ1n) is 9.54. The van der Waals surface area contributed by atoms with E-state index in [0.29, 0.717) is 12.3 Å². The van der Waals surface area contributed by atoms with Crippen molar-refractivity contribution in [3.8, 4) is 34.1 Å². The SMILES string of the molecule is COc1cc2c(cc1OC)-c1c(OC)c(OC)c(CN)c3c1C(C2)N(C)CC3. The highest BCUT2D eigenvalue weighted by Crippen LogP contribution is 2.55. The number of fused-ring (bicyclic) bond motifs is 2. The van der Waals surface area contributed by atoms with Crippen molar-refractivity contribution in [3.63, 3.8) is 0 Å². The van der Waals surface area contributed by atoms with E-state index < -0.39 is 0 Å². The van der Waals surface area contributed by atoms with E-state index in [0.717, 1.165) is 53.3 Å². The van der Waals surface area contributed by atoms with Crippen LogP contribution in [0.5, 0.6) is 23.0 Å². The second-order valence-electron chi connectivity index (χ2n) is 7.33. The van der Waals surface area contributed by atoms with Crippen LogP contribution in [0, 0.1) is 0 Å². The summed E-state index contributed by atoms with van der Waals surface area (Å²) in [5, 5.41) is 0. The Morgan fingerprint density at radius 2 is 1.68 bits per heavy atom. The molecule has 2 N–H and O–H groups in total. The van der Waals surface area contributed by atoms with Gasteiger partial charge < -0.3 is 24.7 Å². The Labute approximate surface area is 166 Å². The molecular weight excluding hydrogens is 356 g/mol. The van der Waals surface area contributed by atoms with E-state index in [4.69, 9.17) is 24.7 Å². The normalized spacial score (nSPS) is 17.6. The van der Waals surface area contributed by atoms with Crippen molar-refractivity contribution in [1.82, 2.24) is 4.90 Å². The third-order valence-electron chi connectivity index (χ3n) is 6.15. The predicted molar refractivity (Wildman–Crippen MR) is 109 cm³/mol. The van der Waals surface area contributed by atoms with Crippen LogP contribution in [0.15, 0.2) is 12.1 Å². The molecule has 0 aromatic heterocycles. The summed E-state index contributed by atoms with van der Waals surface area (Å²) in [6.45, 7) is 1.42. The van der Waals surface area contributed by atoms with Gasteiger partial charge >= 0.3 is 0 Å². The van der Waals surface area contributed by atoms with Gasteiger partial charge in [0, 0.05) is 30.3 Å². The molecule has 0 spiro atoms. The number of hydrogen-bond acceptors (Lipinski definition) is 6. The molecule has 0 bridgehead atoms. The standard InChI is InChI=1S/C22H28N2O4/c1-24-7-6-13-15(11-23)21(27-4)22(28-5)20-14-10-18(26-3)17(25-2)9-12(14)8-16(24)19(13)20/h9-10,16H,6-8,11,23H2,1-5H3. The average Bonchev–Trinajstić information content (AvgIpc) is 2.73. The van der Waals surface area contributed by atoms with Gasteiger partial charge in [-0.05, 0) is 54.3 Å². The Kier molecular flexibility index (Phi) is 4.85. The minimum atomic E-state index is 0.273. The lowest BCUT2D eigenvalue weighted by molar-refractivity contribution is 0.225. The molecule has 2 aromatic rings. The summed E-state index contributed by atoms with van der Waals surface area (Å²) in [7, 11) is 8.89. The quantitative estimate of drug-likeness (QED) is 0.855. The molecule has 1 atom stereocenters. The molecule has 28 heavy (non-hydrogen) atoms. The van der Waals surface area contributed by atoms with Crippen molar-refractivity contribution in [2.75, 3.05) is 42.0 Å². The van der Waals surface area contributed by atoms with Crippen LogP contribution in [-0.4, -0.2) is 46.9 Å². The number of nitrogens with zero attached hydrogens (tertiary/aromatic N) is 1. The van der Waals surface area contributed by atoms with Crippen LogP contribution < -0.4 is 24.7 Å². The summed E-state index contributed by atoms with van der Waals surface area (Å²) < 4.78 is 22.8. The molecule has 1 aliphatic carbocycles. The Balaban J connectivity index is 2.11. The number of nitrogens with two attached hydrogens (primary N) is 1. The smallest absolute Gasteiger partial charge is 0.169 e. The fourth-order valence-corrected chi connectivity index (χ4v) is 4.82. The number of likely N-dealkylation sites (N-methyl/N-ethyl adjacent to an activating group) is 1. The van der Waals surface area contributed by atoms with Gasteiger partial charge in [0.25, 0.3) is 0 Å². The second kappa shape index (κ2) is 7.18. The van der Waals surface area contributed by atoms with Gasteiger partial charge in [0.1, 0.15) is 0 Å². The van der Waals surface area contributed by atoms with E-state index in [9.17, 15) is 0 Å². The molecule has 1 aliphatic heterocycles. The zero-order valence-electron chi connectivity index (χ0n) is 17.2. The second-order valence-corrected chi connectivity index (χ2v) is 7.33. The van der Waals surface area contributed by atoms with Crippen molar-refractivity contribution >= 4 is 0 Å². The Hall–Kier alpha value is -2.44. The van der Waals surface area contributed by atoms with Gasteiger partial charge in [-0.15, -0.1) is 0 Å². The van der Waals surface area contributed by atoms with Gasteiger partial charge in [-0.25, -0.2) is 0 Å². The van der Waals surface area contributed by atoms with Crippen LogP contribution >= 0.6 is 0 Å². The third kappa shape index (κ3) is 2.55. The van der Waals surface area contributed by atoms with Gasteiger partial charge in [-0.1, -0.05) is 0 Å². The predicted octanol–water partition coefficient (Wildman–Crippen LogP) is 2.93. The molecule has 2 aromatic carbocycles. The topological polar surface area (TPSA) is 66.2 Å². The number of hydrogen-bond donors (Lipinski definition) is 1. The minimum Gasteiger partial charge on any atom is -0.493 e. The molecule has 150 valence electrons. The number of rotatable bonds is 5. The molecular formula is C22H28N2O4. The van der Waals surface area contributed by atoms with Crippen LogP contribution in [0.25, 0.3) is 11.1 Å². The lowest BCUT2D eigenvalue weighted by Crippen LogP contribution is -2.36. The van der Waals surface area contributed by atoms with E-state index in [2.05, 4.69) is 24.1 Å². The maximum atomic E-state index is 6.16. The fourth-order valence-electron chi connectivity index (χ4n) is 4.82. The van der Waals surface area contributed by atoms with Crippen molar-refractivity contribution in [2.45, 2.75) is 25.4 Å². The summed E-state index contributed by atoms with van der Waals surface area (Å²) in [4.78, 5) is 2.41. The Bertz CT molecular complexity index is 926. The highest BCUT2D eigenvalue weighted by atomic mass is 16.5. The summed E-state index contributed by atoms with van der Waals surface area (Å²) in [6.07, 6.45) is 1.86. The first-order chi connectivity index (χ1) is 13.6. The molecule has 2 aliphatic rings. The van der Waals surface area contributed by atoms with Crippen LogP contribution in [-0.2, 0) is 19.4 Å². The van der Waals surface area contributed by atoms with Crippen molar-refractivity contribution in [3.05, 3.63) is 34.4 Å². The van der Waals surface area contributed by atoms with E-state index in [1.54, 1.807) is 28.4 Å². The lowest BCUT2D eigenvalue weighted by atomic mass is 9.75. The fraction of sp³-hybridized carbons (Fsp3) is 0.455. The van der Waals surface area contributed by atoms with Gasteiger partial charge in [-0.2, -0.15) is 0 Å². The monoisotopic (exact) mass is 384 g/mol. The van der Waals surface area contributed by atoms with Crippen molar-refractivity contribution < 1.29 is 18.9 Å². The van der Waals surface area contributed by atoms with E-state index in [1.807, 2.05) is 0 Å². The molecule has 0 saturated heterocycles. The number of benzene rings is 2. The van der Waals surface area contributed by atoms with E-state index in [1.165, 1.54) is 16.7 Å². The highest BCUT2D eigenvalue weighted by molar-refractivity contribution is 5.86. The Morgan fingerprint density at radius 3 is 2.29 bits per heavy atom. The van der Waals surface area contributed by atoms with Gasteiger partial charge in [0.15, 0.2) is 23.0 Å². The Morgan fingerprint density at radius 1 is 1.00 bits per heavy atom. The van der Waals surface area contributed by atoms with E-state index in [-0.39, 0.29) is 6.04 Å². The van der Waals surface area contributed by atoms with Crippen LogP contribution in [0.4, 0.5) is 0 Å². The first-order valence-corrected chi connectivity index (χ1v) is 9.54. The molecule has 6 heteroatoms. The molecule has 0 fully saturated rings. The summed E-state index contributed by atoms with van der Waals surface area (Å²) in [5.41, 5.74) is 13.2. The molecule has 4 rings (SSSR count). The van der Waals surface area contributed by atoms with Crippen molar-refractivity contribution in [1.29, 1.82) is 0 Å². The first kappa shape index (κ1) is 18.9. The van der Waals surface area contributed by atoms with Gasteiger partial charge in [0.2, 0.25) is 0 Å². The van der Waals surface area contributed by atoms with Crippen LogP contribution in [0.1, 0.15) is 28.3 Å². The summed E-state index contributed by atoms with van der Waals surface area (Å²) >= 11 is 0. The molecule has 0 radical (unpaired) electrons. The molecule has 1 unspecified atom stereocenters. The molecule has 0 saturated carbocycles. The van der Waals surface area contributed by atoms with E-state index >= 15 is 0 Å². The average molecular weight is 384 g/mol. The maximum Gasteiger partial charge on any atom is 0.169 e. The summed E-state index contributed by atoms with van der Waals surface area (Å²) in [6, 6.07) is 4.41.